The molecule has 0 saturated carbocycles. The number of nitrogens with zero attached hydrogens (tertiary/aromatic N) is 10. The first-order chi connectivity index (χ1) is 46.3. The van der Waals surface area contributed by atoms with Gasteiger partial charge in [0.15, 0.2) is 0 Å². The van der Waals surface area contributed by atoms with Crippen LogP contribution in [0, 0.1) is 52.2 Å². The molecule has 0 unspecified atom stereocenters. The maximum atomic E-state index is 12.5. The number of carboxylic acid groups (broad SMARTS) is 2. The number of nitrogens with one attached hydrogen (secondary N) is 2. The first-order valence-corrected chi connectivity index (χ1v) is 33.0. The fourth-order valence-corrected chi connectivity index (χ4v) is 9.59. The number of amides is 1. The number of H-pyrrole nitrogens is 1. The number of anilines is 1. The molecule has 0 aliphatic heterocycles. The Morgan fingerprint density at radius 2 is 0.949 bits per heavy atom. The number of benzene rings is 5. The van der Waals surface area contributed by atoms with Gasteiger partial charge in [-0.25, -0.2) is 39.3 Å². The van der Waals surface area contributed by atoms with Crippen LogP contribution in [-0.4, -0.2) is 149 Å². The average Bonchev–Trinajstić information content (AvgIpc) is 1.51. The predicted molar refractivity (Wildman–Crippen MR) is 397 cm³/mol. The number of carbonyl (C=O) groups excluding carboxylic acids is 3. The van der Waals surface area contributed by atoms with Crippen LogP contribution < -0.4 is 28.2 Å². The van der Waals surface area contributed by atoms with E-state index in [1.165, 1.54) is 24.6 Å². The van der Waals surface area contributed by atoms with E-state index in [9.17, 15) is 24.0 Å². The standard InChI is InChI=1S/2C15H13N3O.C13H14N2O2.C11H9NO2.C8H9NO2.C4H5IN2.C2H7NO.C2H5.BrH.Cl2OS.Mg/c1-10-12(15(19)13-8-18(2)9-17-13)6-5-11-4-3-7-16-14(10)11;1-9-12(15(19)14-10(2)17-8-18-14)6-5-11-4-3-7-16-13(9)11;1-9-11(13(16)15(2)17-3)7-6-10-5-4-8-14-12(9)10;1-7-9(11(13)14)5-4-8-3-2-6-12-10(7)8;1-5-6(8(10)11)3-2-4-7(5)9;1-7-2-4(5)6-3-7;1-3-4-2;1-2;;1-4(2)3;/h3-9H,1-2H3;3-8H,1-2H3,(H,17,18);4-8H,1-3H3;2-6H,1H3,(H,13,14);2-4H,9H2,1H3,(H,10,11);2-3H,1H3;3H,1-2H3;1H2,2H3;1H;;/q;;;;;;;-1;;;+2/p-1. The van der Waals surface area contributed by atoms with E-state index in [1.807, 2.05) is 131 Å². The summed E-state index contributed by atoms with van der Waals surface area (Å²) in [5.74, 6) is -2.14. The molecule has 0 atom stereocenters. The number of imidazole rings is 3. The van der Waals surface area contributed by atoms with Crippen LogP contribution >= 0.6 is 44.0 Å². The van der Waals surface area contributed by atoms with E-state index in [0.717, 1.165) is 75.3 Å². The molecule has 7 heterocycles. The van der Waals surface area contributed by atoms with Gasteiger partial charge in [-0.15, -0.1) is 0 Å². The van der Waals surface area contributed by atoms with Crippen molar-refractivity contribution in [3.05, 3.63) is 255 Å². The predicted octanol–water partition coefficient (Wildman–Crippen LogP) is 10.3. The number of hydroxylamine groups is 3. The minimum Gasteiger partial charge on any atom is -1.00 e. The Kier molecular flexibility index (Phi) is 38.3. The van der Waals surface area contributed by atoms with Crippen LogP contribution in [-0.2, 0) is 33.0 Å². The van der Waals surface area contributed by atoms with E-state index in [1.54, 1.807) is 121 Å². The number of nitrogen functional groups attached to an aromatic ring is 1. The molecule has 0 fully saturated rings. The molecule has 0 aliphatic rings. The molecular formula is C70H75BrCl2IMgN13O10S. The minimum absolute atomic E-state index is 0. The van der Waals surface area contributed by atoms with Crippen LogP contribution in [0.2, 0.25) is 0 Å². The van der Waals surface area contributed by atoms with Gasteiger partial charge in [-0.3, -0.25) is 39.2 Å². The number of aromatic nitrogens is 10. The van der Waals surface area contributed by atoms with Gasteiger partial charge in [-0.05, 0) is 153 Å². The number of pyridine rings is 4. The fourth-order valence-electron chi connectivity index (χ4n) is 9.02. The number of ketones is 2. The third-order valence-corrected chi connectivity index (χ3v) is 14.6. The van der Waals surface area contributed by atoms with Gasteiger partial charge in [-0.1, -0.05) is 54.6 Å². The second kappa shape index (κ2) is 43.8. The Hall–Kier alpha value is -8.49. The molecule has 1 amide bonds. The summed E-state index contributed by atoms with van der Waals surface area (Å²) in [5, 5.41) is 22.8. The van der Waals surface area contributed by atoms with E-state index in [-0.39, 0.29) is 63.1 Å². The molecule has 0 bridgehead atoms. The average molecular weight is 1590 g/mol. The Morgan fingerprint density at radius 1 is 0.576 bits per heavy atom. The maximum Gasteiger partial charge on any atom is 2.00 e. The van der Waals surface area contributed by atoms with Crippen LogP contribution in [0.3, 0.4) is 0 Å². The van der Waals surface area contributed by atoms with Crippen LogP contribution in [0.5, 0.6) is 0 Å². The Balaban J connectivity index is 0.000000399. The topological polar surface area (TPSA) is 319 Å². The molecule has 0 aliphatic carbocycles. The van der Waals surface area contributed by atoms with E-state index in [4.69, 9.17) is 25.0 Å². The van der Waals surface area contributed by atoms with Gasteiger partial charge in [0.05, 0.1) is 66.4 Å². The fraction of sp³-hybridized carbons (Fsp3) is 0.186. The Bertz CT molecular complexity index is 4660. The van der Waals surface area contributed by atoms with Crippen molar-refractivity contribution in [2.24, 2.45) is 14.1 Å². The van der Waals surface area contributed by atoms with Crippen LogP contribution in [0.15, 0.2) is 171 Å². The van der Waals surface area contributed by atoms with Gasteiger partial charge >= 0.3 is 35.0 Å². The van der Waals surface area contributed by atoms with E-state index >= 15 is 0 Å². The van der Waals surface area contributed by atoms with Crippen LogP contribution in [0.4, 0.5) is 5.69 Å². The molecule has 12 rings (SSSR count). The van der Waals surface area contributed by atoms with Gasteiger partial charge in [0.2, 0.25) is 20.8 Å². The number of hydrogen-bond donors (Lipinski definition) is 5. The number of halogens is 4. The molecule has 29 heteroatoms. The van der Waals surface area contributed by atoms with E-state index in [0.29, 0.717) is 44.9 Å². The first kappa shape index (κ1) is 86.6. The zero-order chi connectivity index (χ0) is 72.1. The molecule has 23 nitrogen and oxygen atoms in total. The molecule has 99 heavy (non-hydrogen) atoms. The smallest absolute Gasteiger partial charge is 1.00 e. The van der Waals surface area contributed by atoms with Gasteiger partial charge in [-0.2, -0.15) is 6.92 Å². The molecule has 0 spiro atoms. The van der Waals surface area contributed by atoms with E-state index < -0.39 is 21.2 Å². The molecule has 5 aromatic carbocycles. The molecule has 516 valence electrons. The van der Waals surface area contributed by atoms with Crippen molar-refractivity contribution in [1.82, 2.24) is 59.5 Å². The maximum absolute atomic E-state index is 12.5. The molecule has 7 aromatic heterocycles. The summed E-state index contributed by atoms with van der Waals surface area (Å²) in [6.45, 7) is 16.1. The third kappa shape index (κ3) is 25.3. The first-order valence-electron chi connectivity index (χ1n) is 29.1. The number of aromatic carboxylic acids is 2. The minimum atomic E-state index is -1.67. The number of rotatable bonds is 9. The summed E-state index contributed by atoms with van der Waals surface area (Å²) < 4.78 is 13.8. The number of nitrogens with two attached hydrogens (primary N) is 1. The number of fused-ring (bicyclic) bond motifs is 4. The van der Waals surface area contributed by atoms with Gasteiger partial charge in [0.25, 0.3) is 5.91 Å². The number of carbonyl (C=O) groups is 5. The number of carboxylic acids is 2. The van der Waals surface area contributed by atoms with Crippen molar-refractivity contribution in [3.8, 4) is 0 Å². The van der Waals surface area contributed by atoms with Crippen molar-refractivity contribution in [2.45, 2.75) is 48.5 Å². The van der Waals surface area contributed by atoms with Gasteiger partial charge in [0.1, 0.15) is 15.1 Å². The molecule has 0 radical (unpaired) electrons. The largest absolute Gasteiger partial charge is 2.00 e. The van der Waals surface area contributed by atoms with Crippen molar-refractivity contribution in [2.75, 3.05) is 34.0 Å². The Morgan fingerprint density at radius 3 is 1.28 bits per heavy atom. The van der Waals surface area contributed by atoms with Crippen molar-refractivity contribution >= 4 is 155 Å². The summed E-state index contributed by atoms with van der Waals surface area (Å²) in [6.07, 6.45) is 15.5. The zero-order valence-corrected chi connectivity index (χ0v) is 64.2. The van der Waals surface area contributed by atoms with Crippen molar-refractivity contribution in [1.29, 1.82) is 0 Å². The summed E-state index contributed by atoms with van der Waals surface area (Å²) in [6, 6.07) is 34.8. The molecule has 0 saturated heterocycles. The molecule has 12 aromatic rings. The number of aromatic amines is 1. The van der Waals surface area contributed by atoms with Gasteiger partial charge < -0.3 is 58.8 Å². The second-order valence-corrected chi connectivity index (χ2v) is 23.9. The normalized spacial score (nSPS) is 9.88. The zero-order valence-electron chi connectivity index (χ0n) is 56.7. The van der Waals surface area contributed by atoms with Crippen molar-refractivity contribution < 1.29 is 65.1 Å². The van der Waals surface area contributed by atoms with Gasteiger partial charge in [0, 0.05) is 136 Å². The second-order valence-electron chi connectivity index (χ2n) is 20.3. The monoisotopic (exact) mass is 1590 g/mol. The summed E-state index contributed by atoms with van der Waals surface area (Å²) in [4.78, 5) is 99.7. The third-order valence-electron chi connectivity index (χ3n) is 14.1. The molecular weight excluding hydrogens is 1520 g/mol. The number of aryl methyl sites for hydroxylation is 7. The summed E-state index contributed by atoms with van der Waals surface area (Å²) in [7, 11) is 17.5. The quantitative estimate of drug-likeness (QED) is 0.0171. The Labute approximate surface area is 625 Å². The SMILES string of the molecule is CNOC.CON(C)C(=O)c1ccc2cccnc2c1C.Cc1[nH]cnc1C(=O)c1ccc2cccnc2c1C.Cc1c(C(=O)O)ccc2cccnc12.Cc1c(C(=O)c2cn(C)cn2)ccc2cccnc12.Cc1c(N)cccc1C(=O)O.Cn1cnc(I)c1.O=S(Cl)Cl.[Br-].[CH2-]C.[Mg+2]. The summed E-state index contributed by atoms with van der Waals surface area (Å²) >= 11 is 2.17. The van der Waals surface area contributed by atoms with Crippen LogP contribution in [0.25, 0.3) is 43.6 Å². The van der Waals surface area contributed by atoms with Crippen molar-refractivity contribution in [3.63, 3.8) is 0 Å². The number of hydrogen-bond acceptors (Lipinski definition) is 17. The van der Waals surface area contributed by atoms with E-state index in [2.05, 4.69) is 101 Å². The molecule has 6 N–H and O–H groups in total. The van der Waals surface area contributed by atoms with Crippen LogP contribution in [0.1, 0.15) is 104 Å². The summed E-state index contributed by atoms with van der Waals surface area (Å²) in [5.41, 5.74) is 20.0.